The van der Waals surface area contributed by atoms with Crippen LogP contribution in [-0.2, 0) is 4.79 Å². The SMILES string of the molecule is CCN(CC)CCCCC(=O)c1c(C)[nH]c(/C=C2\C(=O)Nc3cccc(C)c32)c1-c1ccc(F)cc1. The number of anilines is 1. The summed E-state index contributed by atoms with van der Waals surface area (Å²) >= 11 is 0. The van der Waals surface area contributed by atoms with Crippen LogP contribution in [0.1, 0.15) is 66.0 Å². The van der Waals surface area contributed by atoms with Crippen LogP contribution >= 0.6 is 0 Å². The molecular formula is C30H34FN3O2. The van der Waals surface area contributed by atoms with Gasteiger partial charge in [0, 0.05) is 40.2 Å². The van der Waals surface area contributed by atoms with E-state index in [0.29, 0.717) is 28.8 Å². The number of carbonyl (C=O) groups excluding carboxylic acids is 2. The molecule has 2 heterocycles. The van der Waals surface area contributed by atoms with Crippen molar-refractivity contribution in [3.05, 3.63) is 76.4 Å². The van der Waals surface area contributed by atoms with Crippen LogP contribution in [0.2, 0.25) is 0 Å². The molecule has 0 bridgehead atoms. The van der Waals surface area contributed by atoms with Gasteiger partial charge in [0.15, 0.2) is 5.78 Å². The molecular weight excluding hydrogens is 453 g/mol. The molecule has 188 valence electrons. The normalized spacial score (nSPS) is 13.9. The first kappa shape index (κ1) is 25.6. The van der Waals surface area contributed by atoms with Crippen LogP contribution < -0.4 is 5.32 Å². The lowest BCUT2D eigenvalue weighted by Crippen LogP contribution is -2.24. The Morgan fingerprint density at radius 3 is 2.42 bits per heavy atom. The molecule has 36 heavy (non-hydrogen) atoms. The standard InChI is InChI=1S/C30H34FN3O2/c1-5-34(6-2)17-8-7-12-26(35)28-20(4)32-25(29(28)21-13-15-22(31)16-14-21)18-23-27-19(3)10-9-11-24(27)33-30(23)36/h9-11,13-16,18,32H,5-8,12,17H2,1-4H3,(H,33,36)/b23-18-. The highest BCUT2D eigenvalue weighted by molar-refractivity contribution is 6.35. The van der Waals surface area contributed by atoms with E-state index in [4.69, 9.17) is 0 Å². The molecule has 1 aliphatic heterocycles. The van der Waals surface area contributed by atoms with Crippen LogP contribution in [0.3, 0.4) is 0 Å². The van der Waals surface area contributed by atoms with Crippen LogP contribution in [0.15, 0.2) is 42.5 Å². The zero-order valence-electron chi connectivity index (χ0n) is 21.5. The molecule has 1 aliphatic rings. The van der Waals surface area contributed by atoms with Crippen molar-refractivity contribution in [2.75, 3.05) is 25.0 Å². The van der Waals surface area contributed by atoms with Gasteiger partial charge < -0.3 is 15.2 Å². The highest BCUT2D eigenvalue weighted by atomic mass is 19.1. The summed E-state index contributed by atoms with van der Waals surface area (Å²) in [4.78, 5) is 32.0. The number of aromatic amines is 1. The van der Waals surface area contributed by atoms with Crippen molar-refractivity contribution in [3.8, 4) is 11.1 Å². The molecule has 0 spiro atoms. The van der Waals surface area contributed by atoms with Gasteiger partial charge in [0.05, 0.1) is 5.57 Å². The molecule has 4 rings (SSSR count). The second kappa shape index (κ2) is 11.0. The fraction of sp³-hybridized carbons (Fsp3) is 0.333. The largest absolute Gasteiger partial charge is 0.358 e. The van der Waals surface area contributed by atoms with Gasteiger partial charge in [0.2, 0.25) is 0 Å². The van der Waals surface area contributed by atoms with Gasteiger partial charge in [-0.1, -0.05) is 38.1 Å². The first-order valence-electron chi connectivity index (χ1n) is 12.7. The fourth-order valence-electron chi connectivity index (χ4n) is 5.02. The summed E-state index contributed by atoms with van der Waals surface area (Å²) in [6.07, 6.45) is 4.01. The van der Waals surface area contributed by atoms with E-state index in [0.717, 1.165) is 60.5 Å². The summed E-state index contributed by atoms with van der Waals surface area (Å²) in [6.45, 7) is 11.1. The number of H-pyrrole nitrogens is 1. The van der Waals surface area contributed by atoms with Crippen molar-refractivity contribution >= 4 is 29.0 Å². The van der Waals surface area contributed by atoms with Crippen molar-refractivity contribution in [1.29, 1.82) is 0 Å². The predicted molar refractivity (Wildman–Crippen MR) is 145 cm³/mol. The minimum atomic E-state index is -0.338. The number of hydrogen-bond acceptors (Lipinski definition) is 3. The van der Waals surface area contributed by atoms with E-state index in [1.54, 1.807) is 12.1 Å². The summed E-state index contributed by atoms with van der Waals surface area (Å²) in [5.74, 6) is -0.462. The number of ketones is 1. The summed E-state index contributed by atoms with van der Waals surface area (Å²) in [5.41, 5.74) is 6.67. The topological polar surface area (TPSA) is 65.2 Å². The number of benzene rings is 2. The molecule has 2 N–H and O–H groups in total. The number of fused-ring (bicyclic) bond motifs is 1. The van der Waals surface area contributed by atoms with Crippen LogP contribution in [0.25, 0.3) is 22.8 Å². The number of Topliss-reactive ketones (excluding diaryl/α,β-unsaturated/α-hetero) is 1. The molecule has 5 nitrogen and oxygen atoms in total. The van der Waals surface area contributed by atoms with Gasteiger partial charge in [-0.05, 0) is 81.7 Å². The van der Waals surface area contributed by atoms with E-state index in [9.17, 15) is 14.0 Å². The quantitative estimate of drug-likeness (QED) is 0.192. The zero-order chi connectivity index (χ0) is 25.8. The summed E-state index contributed by atoms with van der Waals surface area (Å²) in [5, 5.41) is 2.93. The highest BCUT2D eigenvalue weighted by Gasteiger charge is 2.28. The van der Waals surface area contributed by atoms with Gasteiger partial charge in [-0.25, -0.2) is 4.39 Å². The third kappa shape index (κ3) is 5.19. The van der Waals surface area contributed by atoms with Gasteiger partial charge in [-0.2, -0.15) is 0 Å². The van der Waals surface area contributed by atoms with Crippen molar-refractivity contribution in [3.63, 3.8) is 0 Å². The van der Waals surface area contributed by atoms with E-state index in [1.165, 1.54) is 12.1 Å². The Balaban J connectivity index is 1.72. The average molecular weight is 488 g/mol. The van der Waals surface area contributed by atoms with E-state index >= 15 is 0 Å². The Bertz CT molecular complexity index is 1300. The van der Waals surface area contributed by atoms with Crippen molar-refractivity contribution < 1.29 is 14.0 Å². The molecule has 1 aromatic heterocycles. The lowest BCUT2D eigenvalue weighted by molar-refractivity contribution is -0.110. The maximum Gasteiger partial charge on any atom is 0.256 e. The number of carbonyl (C=O) groups is 2. The summed E-state index contributed by atoms with van der Waals surface area (Å²) < 4.78 is 13.7. The second-order valence-corrected chi connectivity index (χ2v) is 9.34. The van der Waals surface area contributed by atoms with Gasteiger partial charge >= 0.3 is 0 Å². The number of aromatic nitrogens is 1. The second-order valence-electron chi connectivity index (χ2n) is 9.34. The van der Waals surface area contributed by atoms with Crippen LogP contribution in [-0.4, -0.2) is 41.2 Å². The molecule has 1 amide bonds. The Kier molecular flexibility index (Phi) is 7.85. The monoisotopic (exact) mass is 487 g/mol. The molecule has 3 aromatic rings. The summed E-state index contributed by atoms with van der Waals surface area (Å²) in [7, 11) is 0. The van der Waals surface area contributed by atoms with Crippen LogP contribution in [0.4, 0.5) is 10.1 Å². The minimum absolute atomic E-state index is 0.0553. The van der Waals surface area contributed by atoms with Crippen molar-refractivity contribution in [2.24, 2.45) is 0 Å². The molecule has 0 radical (unpaired) electrons. The molecule has 0 aliphatic carbocycles. The minimum Gasteiger partial charge on any atom is -0.358 e. The predicted octanol–water partition coefficient (Wildman–Crippen LogP) is 6.63. The van der Waals surface area contributed by atoms with Gasteiger partial charge in [0.1, 0.15) is 5.82 Å². The maximum atomic E-state index is 13.7. The van der Waals surface area contributed by atoms with Crippen molar-refractivity contribution in [2.45, 2.75) is 47.0 Å². The number of aryl methyl sites for hydroxylation is 2. The Morgan fingerprint density at radius 1 is 1.00 bits per heavy atom. The summed E-state index contributed by atoms with van der Waals surface area (Å²) in [6, 6.07) is 11.9. The van der Waals surface area contributed by atoms with E-state index in [-0.39, 0.29) is 17.5 Å². The fourth-order valence-corrected chi connectivity index (χ4v) is 5.02. The van der Waals surface area contributed by atoms with Crippen molar-refractivity contribution in [1.82, 2.24) is 9.88 Å². The third-order valence-corrected chi connectivity index (χ3v) is 6.97. The smallest absolute Gasteiger partial charge is 0.256 e. The first-order valence-corrected chi connectivity index (χ1v) is 12.7. The van der Waals surface area contributed by atoms with Gasteiger partial charge in [0.25, 0.3) is 5.91 Å². The number of unbranched alkanes of at least 4 members (excludes halogenated alkanes) is 1. The van der Waals surface area contributed by atoms with Gasteiger partial charge in [-0.15, -0.1) is 0 Å². The lowest BCUT2D eigenvalue weighted by atomic mass is 9.93. The lowest BCUT2D eigenvalue weighted by Gasteiger charge is -2.17. The highest BCUT2D eigenvalue weighted by Crippen LogP contribution is 2.38. The van der Waals surface area contributed by atoms with E-state index in [2.05, 4.69) is 29.0 Å². The molecule has 0 atom stereocenters. The maximum absolute atomic E-state index is 13.7. The molecule has 0 saturated heterocycles. The molecule has 0 fully saturated rings. The number of rotatable bonds is 10. The molecule has 6 heteroatoms. The third-order valence-electron chi connectivity index (χ3n) is 6.97. The van der Waals surface area contributed by atoms with Gasteiger partial charge in [-0.3, -0.25) is 9.59 Å². The van der Waals surface area contributed by atoms with E-state index in [1.807, 2.05) is 38.1 Å². The first-order chi connectivity index (χ1) is 17.3. The Labute approximate surface area is 212 Å². The Morgan fingerprint density at radius 2 is 1.72 bits per heavy atom. The Hall–Kier alpha value is -3.51. The number of hydrogen-bond donors (Lipinski definition) is 2. The number of amides is 1. The molecule has 0 saturated carbocycles. The van der Waals surface area contributed by atoms with Crippen LogP contribution in [0.5, 0.6) is 0 Å². The molecule has 2 aromatic carbocycles. The zero-order valence-corrected chi connectivity index (χ0v) is 21.5. The number of nitrogens with one attached hydrogen (secondary N) is 2. The van der Waals surface area contributed by atoms with Crippen LogP contribution in [0, 0.1) is 19.7 Å². The number of halogens is 1. The van der Waals surface area contributed by atoms with E-state index < -0.39 is 0 Å². The average Bonchev–Trinajstić information content (AvgIpc) is 3.36. The number of nitrogens with zero attached hydrogens (tertiary/aromatic N) is 1. The molecule has 0 unspecified atom stereocenters.